The summed E-state index contributed by atoms with van der Waals surface area (Å²) in [5, 5.41) is 19.9. The van der Waals surface area contributed by atoms with Gasteiger partial charge in [0.15, 0.2) is 11.4 Å². The molecule has 0 radical (unpaired) electrons. The molecule has 16 heteroatoms. The fourth-order valence-electron chi connectivity index (χ4n) is 10.8. The van der Waals surface area contributed by atoms with E-state index in [1.807, 2.05) is 17.1 Å². The molecule has 0 unspecified atom stereocenters. The molecule has 7 N–H and O–H groups in total. The third kappa shape index (κ3) is 8.66. The van der Waals surface area contributed by atoms with Crippen LogP contribution in [0.2, 0.25) is 0 Å². The van der Waals surface area contributed by atoms with Gasteiger partial charge >= 0.3 is 0 Å². The number of nitrogens with zero attached hydrogens (tertiary/aromatic N) is 9. The predicted octanol–water partition coefficient (Wildman–Crippen LogP) is 5.55. The molecule has 11 rings (SSSR count). The van der Waals surface area contributed by atoms with Gasteiger partial charge in [0.25, 0.3) is 11.8 Å². The van der Waals surface area contributed by atoms with Crippen molar-refractivity contribution in [1.82, 2.24) is 49.7 Å². The Morgan fingerprint density at radius 3 is 1.59 bits per heavy atom. The molecule has 5 aromatic rings. The van der Waals surface area contributed by atoms with Gasteiger partial charge in [-0.1, -0.05) is 56.0 Å². The van der Waals surface area contributed by atoms with Gasteiger partial charge in [-0.3, -0.25) is 23.9 Å². The third-order valence-electron chi connectivity index (χ3n) is 14.1. The van der Waals surface area contributed by atoms with Crippen LogP contribution in [0.25, 0.3) is 22.8 Å². The first kappa shape index (κ1) is 41.3. The number of piperidine rings is 2. The van der Waals surface area contributed by atoms with Crippen molar-refractivity contribution in [3.05, 3.63) is 81.9 Å². The van der Waals surface area contributed by atoms with Crippen LogP contribution in [0.1, 0.15) is 138 Å². The molecule has 16 nitrogen and oxygen atoms in total. The number of carbonyl (C=O) groups is 2. The molecule has 330 valence electrons. The Hall–Kier alpha value is -5.74. The highest BCUT2D eigenvalue weighted by Gasteiger charge is 2.35. The number of fused-ring (bicyclic) bond motifs is 6. The van der Waals surface area contributed by atoms with Gasteiger partial charge in [0.1, 0.15) is 0 Å². The van der Waals surface area contributed by atoms with E-state index in [0.717, 1.165) is 142 Å². The van der Waals surface area contributed by atoms with Gasteiger partial charge in [-0.2, -0.15) is 10.2 Å². The van der Waals surface area contributed by atoms with Crippen molar-refractivity contribution in [2.45, 2.75) is 133 Å². The number of likely N-dealkylation sites (tertiary alicyclic amines) is 1. The molecule has 4 fully saturated rings. The maximum absolute atomic E-state index is 12.3. The van der Waals surface area contributed by atoms with E-state index in [1.54, 1.807) is 0 Å². The van der Waals surface area contributed by atoms with Crippen molar-refractivity contribution in [3.8, 4) is 22.8 Å². The largest absolute Gasteiger partial charge is 0.364 e. The molecule has 0 spiro atoms. The van der Waals surface area contributed by atoms with Crippen LogP contribution in [0.5, 0.6) is 0 Å². The number of nitrogens with two attached hydrogens (primary N) is 2. The van der Waals surface area contributed by atoms with E-state index in [4.69, 9.17) is 26.5 Å². The second-order valence-corrected chi connectivity index (χ2v) is 18.3. The standard InChI is InChI=1S/C27H33N7O.C20H27N7O/c28-26(35)24-22-11-10-19-16-29-27(30-20-8-4-5-9-20)31-23(19)25(22)34(32-24)21-12-14-33(15-13-21)17-18-6-2-1-3-7-18;21-19(28)17-15-6-5-12-11-23-20(24-13-3-1-2-4-13)25-16(12)18(15)27(26-17)14-7-9-22-10-8-14/h1-3,6-7,16,20-21H,4-5,8-15,17H2,(H2,28,35)(H,29,30,31);11,13-14,22H,1-10H2,(H2,21,28)(H,23,24,25). The maximum atomic E-state index is 12.3. The van der Waals surface area contributed by atoms with Gasteiger partial charge in [0.2, 0.25) is 11.9 Å². The summed E-state index contributed by atoms with van der Waals surface area (Å²) in [6.45, 7) is 4.85. The Labute approximate surface area is 368 Å². The molecular formula is C47H60N14O2. The lowest BCUT2D eigenvalue weighted by molar-refractivity contribution is 0.0984. The Balaban J connectivity index is 0.000000153. The van der Waals surface area contributed by atoms with Crippen molar-refractivity contribution in [3.63, 3.8) is 0 Å². The Morgan fingerprint density at radius 1 is 0.635 bits per heavy atom. The zero-order valence-electron chi connectivity index (χ0n) is 36.2. The number of amides is 2. The second kappa shape index (κ2) is 18.2. The first-order valence-electron chi connectivity index (χ1n) is 23.4. The van der Waals surface area contributed by atoms with E-state index in [9.17, 15) is 9.59 Å². The van der Waals surface area contributed by atoms with Gasteiger partial charge in [0, 0.05) is 55.2 Å². The van der Waals surface area contributed by atoms with Crippen LogP contribution >= 0.6 is 0 Å². The summed E-state index contributed by atoms with van der Waals surface area (Å²) >= 11 is 0. The Kier molecular flexibility index (Phi) is 11.9. The molecule has 4 aliphatic carbocycles. The SMILES string of the molecule is NC(=O)c1nn(C2CCN(Cc3ccccc3)CC2)c2c1CCc1cnc(NC3CCCC3)nc1-2.NC(=O)c1nn(C2CCNCC2)c2c1CCc1cnc(NC3CCCC3)nc1-2. The molecule has 63 heavy (non-hydrogen) atoms. The first-order chi connectivity index (χ1) is 30.9. The lowest BCUT2D eigenvalue weighted by Gasteiger charge is -2.33. The van der Waals surface area contributed by atoms with Crippen LogP contribution in [-0.4, -0.2) is 94.5 Å². The number of benzene rings is 1. The average molecular weight is 853 g/mol. The van der Waals surface area contributed by atoms with E-state index in [0.29, 0.717) is 35.4 Å². The summed E-state index contributed by atoms with van der Waals surface area (Å²) in [4.78, 5) is 45.9. The minimum atomic E-state index is -0.455. The summed E-state index contributed by atoms with van der Waals surface area (Å²) in [5.74, 6) is 0.445. The second-order valence-electron chi connectivity index (χ2n) is 18.3. The summed E-state index contributed by atoms with van der Waals surface area (Å²) in [6.07, 6.45) is 20.6. The Morgan fingerprint density at radius 2 is 1.11 bits per heavy atom. The Bertz CT molecular complexity index is 2440. The number of carbonyl (C=O) groups excluding carboxylic acids is 2. The number of nitrogens with one attached hydrogen (secondary N) is 3. The monoisotopic (exact) mass is 853 g/mol. The quantitative estimate of drug-likeness (QED) is 0.117. The molecule has 0 bridgehead atoms. The van der Waals surface area contributed by atoms with Gasteiger partial charge in [0.05, 0.1) is 34.9 Å². The van der Waals surface area contributed by atoms with E-state index in [-0.39, 0.29) is 12.1 Å². The van der Waals surface area contributed by atoms with Crippen molar-refractivity contribution >= 4 is 23.7 Å². The highest BCUT2D eigenvalue weighted by atomic mass is 16.1. The van der Waals surface area contributed by atoms with Crippen LogP contribution in [-0.2, 0) is 32.2 Å². The molecular weight excluding hydrogens is 793 g/mol. The minimum absolute atomic E-state index is 0.219. The van der Waals surface area contributed by atoms with E-state index >= 15 is 0 Å². The number of hydrogen-bond donors (Lipinski definition) is 5. The zero-order chi connectivity index (χ0) is 42.9. The van der Waals surface area contributed by atoms with Crippen molar-refractivity contribution < 1.29 is 9.59 Å². The number of aromatic nitrogens is 8. The molecule has 6 aliphatic rings. The summed E-state index contributed by atoms with van der Waals surface area (Å²) in [6, 6.07) is 12.0. The molecule has 2 saturated heterocycles. The first-order valence-corrected chi connectivity index (χ1v) is 23.4. The van der Waals surface area contributed by atoms with Crippen molar-refractivity contribution in [2.24, 2.45) is 11.5 Å². The minimum Gasteiger partial charge on any atom is -0.364 e. The average Bonchev–Trinajstić information content (AvgIpc) is 4.15. The van der Waals surface area contributed by atoms with Gasteiger partial charge in [-0.05, 0) is 107 Å². The van der Waals surface area contributed by atoms with Crippen LogP contribution < -0.4 is 27.4 Å². The highest BCUT2D eigenvalue weighted by molar-refractivity contribution is 5.95. The number of primary amides is 2. The molecule has 4 aromatic heterocycles. The van der Waals surface area contributed by atoms with E-state index in [2.05, 4.69) is 70.9 Å². The highest BCUT2D eigenvalue weighted by Crippen LogP contribution is 2.40. The fraction of sp³-hybridized carbons (Fsp3) is 0.532. The number of aryl methyl sites for hydroxylation is 2. The molecule has 2 aliphatic heterocycles. The van der Waals surface area contributed by atoms with Crippen molar-refractivity contribution in [2.75, 3.05) is 36.8 Å². The van der Waals surface area contributed by atoms with Gasteiger partial charge in [-0.15, -0.1) is 0 Å². The van der Waals surface area contributed by atoms with E-state index < -0.39 is 11.8 Å². The number of anilines is 2. The van der Waals surface area contributed by atoms with Gasteiger partial charge < -0.3 is 27.4 Å². The van der Waals surface area contributed by atoms with Crippen LogP contribution in [0.3, 0.4) is 0 Å². The smallest absolute Gasteiger partial charge is 0.269 e. The molecule has 2 amide bonds. The lowest BCUT2D eigenvalue weighted by atomic mass is 9.92. The van der Waals surface area contributed by atoms with Gasteiger partial charge in [-0.25, -0.2) is 19.9 Å². The molecule has 6 heterocycles. The third-order valence-corrected chi connectivity index (χ3v) is 14.1. The molecule has 1 aromatic carbocycles. The molecule has 2 saturated carbocycles. The summed E-state index contributed by atoms with van der Waals surface area (Å²) in [5.41, 5.74) is 21.5. The van der Waals surface area contributed by atoms with Crippen LogP contribution in [0.4, 0.5) is 11.9 Å². The topological polar surface area (TPSA) is 213 Å². The lowest BCUT2D eigenvalue weighted by Crippen LogP contribution is -2.35. The molecule has 0 atom stereocenters. The summed E-state index contributed by atoms with van der Waals surface area (Å²) in [7, 11) is 0. The number of hydrogen-bond acceptors (Lipinski definition) is 12. The number of rotatable bonds is 10. The fourth-order valence-corrected chi connectivity index (χ4v) is 10.8. The summed E-state index contributed by atoms with van der Waals surface area (Å²) < 4.78 is 4.10. The van der Waals surface area contributed by atoms with E-state index in [1.165, 1.54) is 44.1 Å². The normalized spacial score (nSPS) is 19.4. The zero-order valence-corrected chi connectivity index (χ0v) is 36.2. The van der Waals surface area contributed by atoms with Crippen LogP contribution in [0, 0.1) is 0 Å². The maximum Gasteiger partial charge on any atom is 0.269 e. The predicted molar refractivity (Wildman–Crippen MR) is 241 cm³/mol. The van der Waals surface area contributed by atoms with Crippen LogP contribution in [0.15, 0.2) is 42.7 Å². The van der Waals surface area contributed by atoms with Crippen molar-refractivity contribution in [1.29, 1.82) is 0 Å².